The summed E-state index contributed by atoms with van der Waals surface area (Å²) in [5.41, 5.74) is 1.71. The Bertz CT molecular complexity index is 376. The topological polar surface area (TPSA) is 52.6 Å². The lowest BCUT2D eigenvalue weighted by molar-refractivity contribution is -0.109. The van der Waals surface area contributed by atoms with Crippen molar-refractivity contribution in [2.75, 3.05) is 32.4 Å². The molecule has 0 aromatic rings. The van der Waals surface area contributed by atoms with Crippen molar-refractivity contribution in [2.24, 2.45) is 0 Å². The van der Waals surface area contributed by atoms with Gasteiger partial charge in [0.15, 0.2) is 0 Å². The molecule has 0 bridgehead atoms. The number of rotatable bonds is 7. The van der Waals surface area contributed by atoms with Crippen LogP contribution in [0.2, 0.25) is 0 Å². The maximum absolute atomic E-state index is 11.4. The van der Waals surface area contributed by atoms with Gasteiger partial charge in [-0.2, -0.15) is 0 Å². The molecule has 1 saturated heterocycles. The van der Waals surface area contributed by atoms with E-state index in [0.717, 1.165) is 43.9 Å². The molecule has 1 unspecified atom stereocenters. The highest BCUT2D eigenvalue weighted by molar-refractivity contribution is 7.81. The first-order valence-electron chi connectivity index (χ1n) is 6.42. The molecule has 0 aromatic heterocycles. The van der Waals surface area contributed by atoms with Gasteiger partial charge in [-0.3, -0.25) is 4.79 Å². The molecule has 5 nitrogen and oxygen atoms in total. The van der Waals surface area contributed by atoms with Crippen molar-refractivity contribution >= 4 is 17.4 Å². The SMILES string of the molecule is C=C(C(=C)N1CCN(S(C)=O)CC1)[C@H](CC)NC=O. The summed E-state index contributed by atoms with van der Waals surface area (Å²) in [6.45, 7) is 13.2. The summed E-state index contributed by atoms with van der Waals surface area (Å²) >= 11 is 0. The van der Waals surface area contributed by atoms with E-state index in [4.69, 9.17) is 0 Å². The second-order valence-corrected chi connectivity index (χ2v) is 5.92. The van der Waals surface area contributed by atoms with Crippen LogP contribution in [-0.4, -0.2) is 58.3 Å². The zero-order valence-electron chi connectivity index (χ0n) is 11.7. The van der Waals surface area contributed by atoms with Crippen LogP contribution in [0.5, 0.6) is 0 Å². The first-order chi connectivity index (χ1) is 9.01. The van der Waals surface area contributed by atoms with E-state index in [1.165, 1.54) is 0 Å². The predicted octanol–water partition coefficient (Wildman–Crippen LogP) is 0.492. The van der Waals surface area contributed by atoms with E-state index in [9.17, 15) is 9.00 Å². The minimum atomic E-state index is -0.908. The zero-order valence-corrected chi connectivity index (χ0v) is 12.5. The fourth-order valence-corrected chi connectivity index (χ4v) is 2.84. The Morgan fingerprint density at radius 2 is 1.95 bits per heavy atom. The lowest BCUT2D eigenvalue weighted by Crippen LogP contribution is -2.47. The van der Waals surface area contributed by atoms with E-state index in [-0.39, 0.29) is 6.04 Å². The average Bonchev–Trinajstić information content (AvgIpc) is 2.43. The summed E-state index contributed by atoms with van der Waals surface area (Å²) in [6.07, 6.45) is 3.19. The standard InChI is InChI=1S/C13H23N3O2S/c1-5-13(14-10-17)11(2)12(3)15-6-8-16(9-7-15)19(4)18/h10,13H,2-3,5-9H2,1,4H3,(H,14,17)/t13-,19?/m0/s1. The summed E-state index contributed by atoms with van der Waals surface area (Å²) in [5.74, 6) is 0. The zero-order chi connectivity index (χ0) is 14.4. The van der Waals surface area contributed by atoms with Gasteiger partial charge in [0.1, 0.15) is 0 Å². The smallest absolute Gasteiger partial charge is 0.207 e. The Kier molecular flexibility index (Phi) is 6.24. The summed E-state index contributed by atoms with van der Waals surface area (Å²) in [4.78, 5) is 12.7. The van der Waals surface area contributed by atoms with Crippen molar-refractivity contribution in [2.45, 2.75) is 19.4 Å². The summed E-state index contributed by atoms with van der Waals surface area (Å²) in [6, 6.07) is -0.0664. The molecule has 1 N–H and O–H groups in total. The van der Waals surface area contributed by atoms with Crippen molar-refractivity contribution in [1.82, 2.24) is 14.5 Å². The highest BCUT2D eigenvalue weighted by Crippen LogP contribution is 2.19. The minimum absolute atomic E-state index is 0.0664. The first kappa shape index (κ1) is 15.9. The molecule has 0 spiro atoms. The molecule has 6 heteroatoms. The lowest BCUT2D eigenvalue weighted by Gasteiger charge is -2.37. The number of nitrogens with one attached hydrogen (secondary N) is 1. The van der Waals surface area contributed by atoms with Gasteiger partial charge in [0.2, 0.25) is 6.41 Å². The second-order valence-electron chi connectivity index (χ2n) is 4.56. The van der Waals surface area contributed by atoms with Crippen LogP contribution in [-0.2, 0) is 15.8 Å². The van der Waals surface area contributed by atoms with Crippen molar-refractivity contribution in [3.63, 3.8) is 0 Å². The van der Waals surface area contributed by atoms with E-state index in [1.54, 1.807) is 6.26 Å². The maximum atomic E-state index is 11.4. The van der Waals surface area contributed by atoms with Crippen LogP contribution in [0.25, 0.3) is 0 Å². The lowest BCUT2D eigenvalue weighted by atomic mass is 10.0. The van der Waals surface area contributed by atoms with E-state index >= 15 is 0 Å². The van der Waals surface area contributed by atoms with Crippen molar-refractivity contribution in [3.05, 3.63) is 24.4 Å². The van der Waals surface area contributed by atoms with E-state index in [2.05, 4.69) is 23.4 Å². The molecule has 108 valence electrons. The van der Waals surface area contributed by atoms with Crippen molar-refractivity contribution in [1.29, 1.82) is 0 Å². The number of hydrogen-bond acceptors (Lipinski definition) is 3. The quantitative estimate of drug-likeness (QED) is 0.547. The molecular formula is C13H23N3O2S. The molecule has 19 heavy (non-hydrogen) atoms. The number of carbonyl (C=O) groups excluding carboxylic acids is 1. The Morgan fingerprint density at radius 1 is 1.37 bits per heavy atom. The molecule has 1 heterocycles. The van der Waals surface area contributed by atoms with E-state index in [1.807, 2.05) is 11.2 Å². The Balaban J connectivity index is 2.57. The monoisotopic (exact) mass is 285 g/mol. The predicted molar refractivity (Wildman–Crippen MR) is 78.8 cm³/mol. The molecule has 0 saturated carbocycles. The van der Waals surface area contributed by atoms with Crippen LogP contribution in [0.1, 0.15) is 13.3 Å². The number of carbonyl (C=O) groups is 1. The molecule has 1 aliphatic heterocycles. The fraction of sp³-hybridized carbons (Fsp3) is 0.615. The summed E-state index contributed by atoms with van der Waals surface area (Å²) < 4.78 is 13.3. The van der Waals surface area contributed by atoms with Crippen LogP contribution in [0.4, 0.5) is 0 Å². The van der Waals surface area contributed by atoms with Gasteiger partial charge in [0.25, 0.3) is 0 Å². The largest absolute Gasteiger partial charge is 0.369 e. The summed E-state index contributed by atoms with van der Waals surface area (Å²) in [5, 5.41) is 2.75. The molecule has 1 rings (SSSR count). The maximum Gasteiger partial charge on any atom is 0.207 e. The van der Waals surface area contributed by atoms with E-state index < -0.39 is 11.0 Å². The van der Waals surface area contributed by atoms with Gasteiger partial charge in [0, 0.05) is 38.1 Å². The third-order valence-electron chi connectivity index (χ3n) is 3.45. The third kappa shape index (κ3) is 4.18. The highest BCUT2D eigenvalue weighted by atomic mass is 32.2. The van der Waals surface area contributed by atoms with Gasteiger partial charge in [0.05, 0.1) is 17.0 Å². The molecular weight excluding hydrogens is 262 g/mol. The normalized spacial score (nSPS) is 19.6. The Labute approximate surface area is 117 Å². The number of nitrogens with zero attached hydrogens (tertiary/aromatic N) is 2. The van der Waals surface area contributed by atoms with Gasteiger partial charge < -0.3 is 10.2 Å². The number of amides is 1. The molecule has 1 amide bonds. The van der Waals surface area contributed by atoms with Gasteiger partial charge in [-0.15, -0.1) is 0 Å². The van der Waals surface area contributed by atoms with Gasteiger partial charge in [-0.1, -0.05) is 20.1 Å². The number of hydrogen-bond donors (Lipinski definition) is 1. The molecule has 1 fully saturated rings. The molecule has 0 radical (unpaired) electrons. The van der Waals surface area contributed by atoms with Gasteiger partial charge in [-0.05, 0) is 12.0 Å². The molecule has 2 atom stereocenters. The fourth-order valence-electron chi connectivity index (χ4n) is 2.17. The van der Waals surface area contributed by atoms with Gasteiger partial charge >= 0.3 is 0 Å². The Hall–Kier alpha value is -1.14. The van der Waals surface area contributed by atoms with Crippen LogP contribution in [0.15, 0.2) is 24.4 Å². The first-order valence-corrected chi connectivity index (χ1v) is 7.94. The third-order valence-corrected chi connectivity index (χ3v) is 4.55. The van der Waals surface area contributed by atoms with Crippen molar-refractivity contribution in [3.8, 4) is 0 Å². The molecule has 1 aliphatic rings. The highest BCUT2D eigenvalue weighted by Gasteiger charge is 2.23. The average molecular weight is 285 g/mol. The minimum Gasteiger partial charge on any atom is -0.369 e. The van der Waals surface area contributed by atoms with E-state index in [0.29, 0.717) is 6.41 Å². The van der Waals surface area contributed by atoms with Crippen LogP contribution < -0.4 is 5.32 Å². The summed E-state index contributed by atoms with van der Waals surface area (Å²) in [7, 11) is -0.908. The molecule has 0 aromatic carbocycles. The number of piperazine rings is 1. The van der Waals surface area contributed by atoms with Crippen LogP contribution in [0, 0.1) is 0 Å². The molecule has 0 aliphatic carbocycles. The Morgan fingerprint density at radius 3 is 2.37 bits per heavy atom. The van der Waals surface area contributed by atoms with Crippen LogP contribution in [0.3, 0.4) is 0 Å². The second kappa shape index (κ2) is 7.45. The van der Waals surface area contributed by atoms with Crippen molar-refractivity contribution < 1.29 is 9.00 Å². The van der Waals surface area contributed by atoms with Crippen LogP contribution >= 0.6 is 0 Å². The van der Waals surface area contributed by atoms with Gasteiger partial charge in [-0.25, -0.2) is 8.51 Å².